The minimum absolute atomic E-state index is 0.119. The SMILES string of the molecule is COCCNC(=O)CN1C(=O)CS[C@@H](c2cc(OC)ccc2OC)c2c(-c3ccccc3)nn(C)c21. The van der Waals surface area contributed by atoms with Gasteiger partial charge in [0.2, 0.25) is 11.8 Å². The standard InChI is InChI=1S/C26H30N4O5S/c1-29-26-23(24(28-29)17-8-6-5-7-9-17)25(19-14-18(34-3)10-11-20(19)35-4)36-16-22(32)30(26)15-21(31)27-12-13-33-2/h5-11,14,25H,12-13,15-16H2,1-4H3,(H,27,31)/t25-/m0/s1. The number of anilines is 1. The molecule has 0 aliphatic carbocycles. The second kappa shape index (κ2) is 11.5. The Hall–Kier alpha value is -3.50. The third-order valence-electron chi connectivity index (χ3n) is 5.94. The molecular weight excluding hydrogens is 480 g/mol. The Kier molecular flexibility index (Phi) is 8.17. The van der Waals surface area contributed by atoms with Crippen molar-refractivity contribution in [1.29, 1.82) is 0 Å². The summed E-state index contributed by atoms with van der Waals surface area (Å²) in [4.78, 5) is 27.7. The molecule has 2 aromatic carbocycles. The third kappa shape index (κ3) is 5.19. The van der Waals surface area contributed by atoms with E-state index in [4.69, 9.17) is 19.3 Å². The van der Waals surface area contributed by atoms with E-state index in [1.165, 1.54) is 16.7 Å². The molecule has 2 amide bonds. The van der Waals surface area contributed by atoms with Gasteiger partial charge < -0.3 is 19.5 Å². The normalized spacial score (nSPS) is 15.3. The summed E-state index contributed by atoms with van der Waals surface area (Å²) < 4.78 is 17.9. The highest BCUT2D eigenvalue weighted by atomic mass is 32.2. The molecule has 10 heteroatoms. The number of methoxy groups -OCH3 is 3. The van der Waals surface area contributed by atoms with Gasteiger partial charge in [0.1, 0.15) is 23.9 Å². The molecule has 4 rings (SSSR count). The van der Waals surface area contributed by atoms with Gasteiger partial charge in [0, 0.05) is 37.4 Å². The Balaban J connectivity index is 1.88. The van der Waals surface area contributed by atoms with Crippen LogP contribution >= 0.6 is 11.8 Å². The molecule has 2 heterocycles. The highest BCUT2D eigenvalue weighted by molar-refractivity contribution is 8.00. The van der Waals surface area contributed by atoms with E-state index in [9.17, 15) is 9.59 Å². The van der Waals surface area contributed by atoms with Crippen molar-refractivity contribution in [1.82, 2.24) is 15.1 Å². The van der Waals surface area contributed by atoms with Gasteiger partial charge in [-0.1, -0.05) is 30.3 Å². The number of carbonyl (C=O) groups excluding carboxylic acids is 2. The van der Waals surface area contributed by atoms with E-state index >= 15 is 0 Å². The second-order valence-electron chi connectivity index (χ2n) is 8.20. The Morgan fingerprint density at radius 2 is 1.92 bits per heavy atom. The molecule has 0 radical (unpaired) electrons. The molecule has 1 aliphatic rings. The van der Waals surface area contributed by atoms with Crippen molar-refractivity contribution in [2.45, 2.75) is 5.25 Å². The van der Waals surface area contributed by atoms with Crippen molar-refractivity contribution in [2.75, 3.05) is 51.7 Å². The average molecular weight is 511 g/mol. The molecule has 1 aliphatic heterocycles. The Morgan fingerprint density at radius 3 is 2.61 bits per heavy atom. The number of nitrogens with one attached hydrogen (secondary N) is 1. The topological polar surface area (TPSA) is 94.9 Å². The summed E-state index contributed by atoms with van der Waals surface area (Å²) >= 11 is 1.48. The summed E-state index contributed by atoms with van der Waals surface area (Å²) in [7, 11) is 6.60. The van der Waals surface area contributed by atoms with Gasteiger partial charge in [0.25, 0.3) is 0 Å². The molecule has 1 aromatic heterocycles. The number of aromatic nitrogens is 2. The largest absolute Gasteiger partial charge is 0.497 e. The average Bonchev–Trinajstić information content (AvgIpc) is 3.16. The van der Waals surface area contributed by atoms with Crippen LogP contribution in [0.25, 0.3) is 11.3 Å². The summed E-state index contributed by atoms with van der Waals surface area (Å²) in [5.41, 5.74) is 3.37. The van der Waals surface area contributed by atoms with Gasteiger partial charge in [-0.3, -0.25) is 19.2 Å². The molecule has 0 bridgehead atoms. The summed E-state index contributed by atoms with van der Waals surface area (Å²) in [5.74, 6) is 1.69. The minimum Gasteiger partial charge on any atom is -0.497 e. The van der Waals surface area contributed by atoms with E-state index in [1.54, 1.807) is 33.1 Å². The molecule has 1 N–H and O–H groups in total. The fraction of sp³-hybridized carbons (Fsp3) is 0.346. The van der Waals surface area contributed by atoms with Crippen LogP contribution in [0.5, 0.6) is 11.5 Å². The molecule has 1 atom stereocenters. The molecule has 9 nitrogen and oxygen atoms in total. The van der Waals surface area contributed by atoms with Gasteiger partial charge in [-0.25, -0.2) is 0 Å². The zero-order valence-electron chi connectivity index (χ0n) is 20.8. The van der Waals surface area contributed by atoms with E-state index in [0.717, 1.165) is 22.4 Å². The Labute approximate surface area is 214 Å². The number of aryl methyl sites for hydroxylation is 1. The lowest BCUT2D eigenvalue weighted by Crippen LogP contribution is -2.43. The smallest absolute Gasteiger partial charge is 0.240 e. The van der Waals surface area contributed by atoms with Crippen LogP contribution in [-0.4, -0.2) is 68.4 Å². The Bertz CT molecular complexity index is 1230. The van der Waals surface area contributed by atoms with Crippen molar-refractivity contribution in [3.8, 4) is 22.8 Å². The molecule has 0 fully saturated rings. The predicted octanol–water partition coefficient (Wildman–Crippen LogP) is 3.04. The van der Waals surface area contributed by atoms with Crippen molar-refractivity contribution >= 4 is 29.4 Å². The lowest BCUT2D eigenvalue weighted by molar-refractivity contribution is -0.123. The van der Waals surface area contributed by atoms with Gasteiger partial charge in [-0.05, 0) is 18.2 Å². The highest BCUT2D eigenvalue weighted by Gasteiger charge is 2.37. The van der Waals surface area contributed by atoms with Crippen molar-refractivity contribution in [2.24, 2.45) is 7.05 Å². The van der Waals surface area contributed by atoms with Crippen LogP contribution in [0.1, 0.15) is 16.4 Å². The van der Waals surface area contributed by atoms with Crippen LogP contribution < -0.4 is 19.7 Å². The molecule has 0 unspecified atom stereocenters. The zero-order chi connectivity index (χ0) is 25.7. The maximum absolute atomic E-state index is 13.4. The number of ether oxygens (including phenoxy) is 3. The van der Waals surface area contributed by atoms with E-state index in [1.807, 2.05) is 48.5 Å². The van der Waals surface area contributed by atoms with Crippen molar-refractivity contribution < 1.29 is 23.8 Å². The quantitative estimate of drug-likeness (QED) is 0.442. The molecule has 0 spiro atoms. The zero-order valence-corrected chi connectivity index (χ0v) is 21.6. The first-order chi connectivity index (χ1) is 17.5. The van der Waals surface area contributed by atoms with Crippen molar-refractivity contribution in [3.05, 3.63) is 59.7 Å². The molecule has 190 valence electrons. The fourth-order valence-corrected chi connectivity index (χ4v) is 5.49. The van der Waals surface area contributed by atoms with E-state index in [2.05, 4.69) is 5.32 Å². The van der Waals surface area contributed by atoms with Gasteiger partial charge in [-0.15, -0.1) is 11.8 Å². The lowest BCUT2D eigenvalue weighted by atomic mass is 9.98. The maximum Gasteiger partial charge on any atom is 0.240 e. The monoisotopic (exact) mass is 510 g/mol. The summed E-state index contributed by atoms with van der Waals surface area (Å²) in [6, 6.07) is 15.5. The van der Waals surface area contributed by atoms with Crippen LogP contribution in [0.3, 0.4) is 0 Å². The van der Waals surface area contributed by atoms with Crippen LogP contribution in [0, 0.1) is 0 Å². The minimum atomic E-state index is -0.292. The maximum atomic E-state index is 13.4. The fourth-order valence-electron chi connectivity index (χ4n) is 4.28. The number of amides is 2. The van der Waals surface area contributed by atoms with Crippen LogP contribution in [0.4, 0.5) is 5.82 Å². The van der Waals surface area contributed by atoms with Crippen LogP contribution in [0.15, 0.2) is 48.5 Å². The molecule has 36 heavy (non-hydrogen) atoms. The molecular formula is C26H30N4O5S. The Morgan fingerprint density at radius 1 is 1.14 bits per heavy atom. The van der Waals surface area contributed by atoms with Gasteiger partial charge >= 0.3 is 0 Å². The van der Waals surface area contributed by atoms with Gasteiger partial charge in [-0.2, -0.15) is 5.10 Å². The number of benzene rings is 2. The first-order valence-electron chi connectivity index (χ1n) is 11.5. The van der Waals surface area contributed by atoms with Crippen molar-refractivity contribution in [3.63, 3.8) is 0 Å². The second-order valence-corrected chi connectivity index (χ2v) is 9.29. The van der Waals surface area contributed by atoms with Crippen LogP contribution in [0.2, 0.25) is 0 Å². The van der Waals surface area contributed by atoms with Gasteiger partial charge in [0.05, 0.1) is 37.5 Å². The first-order valence-corrected chi connectivity index (χ1v) is 12.5. The summed E-state index contributed by atoms with van der Waals surface area (Å²) in [5, 5.41) is 7.34. The lowest BCUT2D eigenvalue weighted by Gasteiger charge is -2.23. The van der Waals surface area contributed by atoms with Gasteiger partial charge in [0.15, 0.2) is 0 Å². The first kappa shape index (κ1) is 25.6. The highest BCUT2D eigenvalue weighted by Crippen LogP contribution is 2.50. The summed E-state index contributed by atoms with van der Waals surface area (Å²) in [6.45, 7) is 0.636. The number of fused-ring (bicyclic) bond motifs is 1. The van der Waals surface area contributed by atoms with E-state index in [-0.39, 0.29) is 29.4 Å². The number of nitrogens with zero attached hydrogens (tertiary/aromatic N) is 3. The molecule has 3 aromatic rings. The number of hydrogen-bond donors (Lipinski definition) is 1. The summed E-state index contributed by atoms with van der Waals surface area (Å²) in [6.07, 6.45) is 0. The van der Waals surface area contributed by atoms with Crippen LogP contribution in [-0.2, 0) is 21.4 Å². The predicted molar refractivity (Wildman–Crippen MR) is 140 cm³/mol. The molecule has 0 saturated carbocycles. The number of thioether (sulfide) groups is 1. The third-order valence-corrected chi connectivity index (χ3v) is 7.18. The number of hydrogen-bond acceptors (Lipinski definition) is 7. The van der Waals surface area contributed by atoms with E-state index < -0.39 is 0 Å². The van der Waals surface area contributed by atoms with E-state index in [0.29, 0.717) is 30.5 Å². The number of carbonyl (C=O) groups is 2. The molecule has 0 saturated heterocycles. The number of rotatable bonds is 9.